The molecule has 0 aliphatic heterocycles. The molecule has 0 saturated carbocycles. The van der Waals surface area contributed by atoms with Gasteiger partial charge in [-0.3, -0.25) is 0 Å². The molecule has 0 atom stereocenters. The number of aromatic nitrogens is 2. The van der Waals surface area contributed by atoms with Gasteiger partial charge in [-0.1, -0.05) is 11.8 Å². The van der Waals surface area contributed by atoms with Crippen molar-refractivity contribution >= 4 is 11.6 Å². The minimum atomic E-state index is 0.359. The quantitative estimate of drug-likeness (QED) is 0.634. The van der Waals surface area contributed by atoms with Gasteiger partial charge in [0.2, 0.25) is 0 Å². The maximum absolute atomic E-state index is 5.58. The first kappa shape index (κ1) is 13.4. The lowest BCUT2D eigenvalue weighted by molar-refractivity contribution is 0.296. The summed E-state index contributed by atoms with van der Waals surface area (Å²) in [6.45, 7) is 0.359. The van der Waals surface area contributed by atoms with E-state index in [2.05, 4.69) is 21.8 Å². The highest BCUT2D eigenvalue weighted by Crippen LogP contribution is 2.12. The highest BCUT2D eigenvalue weighted by molar-refractivity contribution is 6.18. The summed E-state index contributed by atoms with van der Waals surface area (Å²) in [5, 5.41) is 0. The van der Waals surface area contributed by atoms with Crippen LogP contribution in [0.4, 0.5) is 0 Å². The lowest BCUT2D eigenvalue weighted by Gasteiger charge is -2.04. The zero-order valence-electron chi connectivity index (χ0n) is 10.3. The highest BCUT2D eigenvalue weighted by atomic mass is 35.5. The molecule has 0 aliphatic rings. The molecule has 0 saturated heterocycles. The third kappa shape index (κ3) is 4.61. The average Bonchev–Trinajstić information content (AvgIpc) is 2.48. The molecule has 19 heavy (non-hydrogen) atoms. The van der Waals surface area contributed by atoms with Gasteiger partial charge in [0.15, 0.2) is 5.82 Å². The van der Waals surface area contributed by atoms with E-state index in [0.29, 0.717) is 24.7 Å². The number of alkyl halides is 1. The summed E-state index contributed by atoms with van der Waals surface area (Å²) < 4.78 is 5.58. The molecule has 0 radical (unpaired) electrons. The Kier molecular flexibility index (Phi) is 5.21. The number of ether oxygens (including phenoxy) is 1. The molecule has 0 fully saturated rings. The van der Waals surface area contributed by atoms with Crippen LogP contribution in [0, 0.1) is 11.8 Å². The molecule has 0 spiro atoms. The van der Waals surface area contributed by atoms with Gasteiger partial charge in [0.1, 0.15) is 12.4 Å². The van der Waals surface area contributed by atoms with E-state index in [0.717, 1.165) is 11.3 Å². The van der Waals surface area contributed by atoms with Crippen molar-refractivity contribution in [1.82, 2.24) is 9.97 Å². The first-order valence-electron chi connectivity index (χ1n) is 5.92. The van der Waals surface area contributed by atoms with Gasteiger partial charge in [0.05, 0.1) is 0 Å². The number of rotatable bonds is 4. The van der Waals surface area contributed by atoms with Crippen molar-refractivity contribution in [2.75, 3.05) is 5.88 Å². The van der Waals surface area contributed by atoms with Gasteiger partial charge in [0, 0.05) is 30.3 Å². The highest BCUT2D eigenvalue weighted by Gasteiger charge is 1.97. The molecule has 2 aromatic rings. The summed E-state index contributed by atoms with van der Waals surface area (Å²) in [5.41, 5.74) is 0.952. The molecule has 2 rings (SSSR count). The Balaban J connectivity index is 1.91. The average molecular weight is 273 g/mol. The standard InChI is InChI=1S/C15H13ClN2O/c16-9-2-1-4-13-5-7-14(8-6-13)19-12-15-17-10-3-11-18-15/h3,5-8,10-11H,2,9,12H2. The Bertz CT molecular complexity index is 558. The third-order valence-electron chi connectivity index (χ3n) is 2.29. The first-order chi connectivity index (χ1) is 9.38. The van der Waals surface area contributed by atoms with Crippen molar-refractivity contribution in [3.8, 4) is 17.6 Å². The second-order valence-electron chi connectivity index (χ2n) is 3.72. The molecule has 1 aromatic heterocycles. The fourth-order valence-electron chi connectivity index (χ4n) is 1.40. The lowest BCUT2D eigenvalue weighted by Crippen LogP contribution is -2.00. The summed E-state index contributed by atoms with van der Waals surface area (Å²) in [6.07, 6.45) is 4.09. The van der Waals surface area contributed by atoms with Gasteiger partial charge in [-0.15, -0.1) is 11.6 Å². The summed E-state index contributed by atoms with van der Waals surface area (Å²) in [7, 11) is 0. The van der Waals surface area contributed by atoms with Gasteiger partial charge in [-0.05, 0) is 30.3 Å². The zero-order valence-corrected chi connectivity index (χ0v) is 11.1. The Morgan fingerprint density at radius 1 is 1.11 bits per heavy atom. The molecule has 0 aliphatic carbocycles. The van der Waals surface area contributed by atoms with E-state index >= 15 is 0 Å². The third-order valence-corrected chi connectivity index (χ3v) is 2.48. The minimum Gasteiger partial charge on any atom is -0.486 e. The topological polar surface area (TPSA) is 35.0 Å². The van der Waals surface area contributed by atoms with Crippen LogP contribution < -0.4 is 4.74 Å². The minimum absolute atomic E-state index is 0.359. The molecule has 0 amide bonds. The van der Waals surface area contributed by atoms with Crippen LogP contribution in [0.3, 0.4) is 0 Å². The fourth-order valence-corrected chi connectivity index (χ4v) is 1.49. The summed E-state index contributed by atoms with van der Waals surface area (Å²) >= 11 is 5.56. The number of hydrogen-bond acceptors (Lipinski definition) is 3. The van der Waals surface area contributed by atoms with Crippen LogP contribution in [-0.2, 0) is 6.61 Å². The molecular weight excluding hydrogens is 260 g/mol. The van der Waals surface area contributed by atoms with Gasteiger partial charge in [0.25, 0.3) is 0 Å². The molecule has 3 nitrogen and oxygen atoms in total. The second kappa shape index (κ2) is 7.40. The number of halogens is 1. The summed E-state index contributed by atoms with van der Waals surface area (Å²) in [5.74, 6) is 8.01. The zero-order chi connectivity index (χ0) is 13.3. The van der Waals surface area contributed by atoms with E-state index in [-0.39, 0.29) is 0 Å². The molecule has 4 heteroatoms. The molecule has 0 N–H and O–H groups in total. The number of nitrogens with zero attached hydrogens (tertiary/aromatic N) is 2. The van der Waals surface area contributed by atoms with Crippen LogP contribution in [0.25, 0.3) is 0 Å². The van der Waals surface area contributed by atoms with Crippen LogP contribution in [0.15, 0.2) is 42.7 Å². The van der Waals surface area contributed by atoms with Crippen molar-refractivity contribution in [3.05, 3.63) is 54.1 Å². The second-order valence-corrected chi connectivity index (χ2v) is 4.10. The number of hydrogen-bond donors (Lipinski definition) is 0. The summed E-state index contributed by atoms with van der Waals surface area (Å²) in [4.78, 5) is 8.18. The van der Waals surface area contributed by atoms with Crippen molar-refractivity contribution in [2.45, 2.75) is 13.0 Å². The molecule has 0 bridgehead atoms. The Morgan fingerprint density at radius 2 is 1.84 bits per heavy atom. The van der Waals surface area contributed by atoms with Crippen LogP contribution in [-0.4, -0.2) is 15.8 Å². The molecule has 1 heterocycles. The van der Waals surface area contributed by atoms with Crippen LogP contribution >= 0.6 is 11.6 Å². The Morgan fingerprint density at radius 3 is 2.53 bits per heavy atom. The maximum Gasteiger partial charge on any atom is 0.166 e. The van der Waals surface area contributed by atoms with Crippen LogP contribution in [0.1, 0.15) is 17.8 Å². The largest absolute Gasteiger partial charge is 0.486 e. The van der Waals surface area contributed by atoms with Gasteiger partial charge >= 0.3 is 0 Å². The van der Waals surface area contributed by atoms with Gasteiger partial charge < -0.3 is 4.74 Å². The monoisotopic (exact) mass is 272 g/mol. The fraction of sp³-hybridized carbons (Fsp3) is 0.200. The van der Waals surface area contributed by atoms with Gasteiger partial charge in [-0.2, -0.15) is 0 Å². The molecular formula is C15H13ClN2O. The van der Waals surface area contributed by atoms with Crippen LogP contribution in [0.2, 0.25) is 0 Å². The Labute approximate surface area is 117 Å². The molecule has 96 valence electrons. The smallest absolute Gasteiger partial charge is 0.166 e. The Hall–Kier alpha value is -2.05. The predicted molar refractivity (Wildman–Crippen MR) is 75.0 cm³/mol. The lowest BCUT2D eigenvalue weighted by atomic mass is 10.2. The van der Waals surface area contributed by atoms with E-state index in [9.17, 15) is 0 Å². The van der Waals surface area contributed by atoms with E-state index in [1.807, 2.05) is 24.3 Å². The van der Waals surface area contributed by atoms with Crippen LogP contribution in [0.5, 0.6) is 5.75 Å². The predicted octanol–water partition coefficient (Wildman–Crippen LogP) is 3.04. The van der Waals surface area contributed by atoms with Crippen molar-refractivity contribution in [2.24, 2.45) is 0 Å². The van der Waals surface area contributed by atoms with E-state index in [1.54, 1.807) is 18.5 Å². The number of benzene rings is 1. The normalized spacial score (nSPS) is 9.53. The van der Waals surface area contributed by atoms with E-state index < -0.39 is 0 Å². The molecule has 0 unspecified atom stereocenters. The SMILES string of the molecule is ClCCC#Cc1ccc(OCc2ncccn2)cc1. The van der Waals surface area contributed by atoms with E-state index in [1.165, 1.54) is 0 Å². The van der Waals surface area contributed by atoms with Gasteiger partial charge in [-0.25, -0.2) is 9.97 Å². The van der Waals surface area contributed by atoms with Crippen molar-refractivity contribution < 1.29 is 4.74 Å². The molecule has 1 aromatic carbocycles. The first-order valence-corrected chi connectivity index (χ1v) is 6.45. The maximum atomic E-state index is 5.58. The van der Waals surface area contributed by atoms with Crippen molar-refractivity contribution in [3.63, 3.8) is 0 Å². The van der Waals surface area contributed by atoms with Crippen molar-refractivity contribution in [1.29, 1.82) is 0 Å². The van der Waals surface area contributed by atoms with E-state index in [4.69, 9.17) is 16.3 Å². The summed E-state index contributed by atoms with van der Waals surface area (Å²) in [6, 6.07) is 9.38.